The van der Waals surface area contributed by atoms with Crippen molar-refractivity contribution in [2.24, 2.45) is 0 Å². The number of halogens is 8. The van der Waals surface area contributed by atoms with E-state index in [1.165, 1.54) is 12.1 Å². The van der Waals surface area contributed by atoms with Crippen LogP contribution < -0.4 is 10.6 Å². The highest BCUT2D eigenvalue weighted by molar-refractivity contribution is 9.10. The van der Waals surface area contributed by atoms with Gasteiger partial charge in [-0.15, -0.1) is 0 Å². The summed E-state index contributed by atoms with van der Waals surface area (Å²) in [7, 11) is 0. The van der Waals surface area contributed by atoms with E-state index in [9.17, 15) is 35.5 Å². The number of amides is 1. The minimum absolute atomic E-state index is 0.106. The Bertz CT molecular complexity index is 1260. The van der Waals surface area contributed by atoms with Crippen LogP contribution in [0.5, 0.6) is 0 Å². The zero-order valence-corrected chi connectivity index (χ0v) is 18.7. The van der Waals surface area contributed by atoms with Gasteiger partial charge in [0.1, 0.15) is 5.82 Å². The van der Waals surface area contributed by atoms with Gasteiger partial charge in [-0.25, -0.2) is 9.02 Å². The molecule has 0 aliphatic rings. The minimum Gasteiger partial charge on any atom is -0.339 e. The van der Waals surface area contributed by atoms with Gasteiger partial charge in [-0.3, -0.25) is 10.2 Å². The predicted octanol–water partition coefficient (Wildman–Crippen LogP) is 6.02. The van der Waals surface area contributed by atoms with E-state index in [0.717, 1.165) is 6.07 Å². The first-order valence-electron chi connectivity index (χ1n) is 9.46. The molecule has 0 aliphatic heterocycles. The van der Waals surface area contributed by atoms with E-state index in [2.05, 4.69) is 41.5 Å². The van der Waals surface area contributed by atoms with Gasteiger partial charge in [-0.1, -0.05) is 0 Å². The Morgan fingerprint density at radius 3 is 2.34 bits per heavy atom. The molecule has 0 saturated carbocycles. The van der Waals surface area contributed by atoms with Gasteiger partial charge in [0.05, 0.1) is 15.6 Å². The highest BCUT2D eigenvalue weighted by Gasteiger charge is 2.37. The number of amidine groups is 1. The van der Waals surface area contributed by atoms with Crippen LogP contribution in [0.25, 0.3) is 0 Å². The Kier molecular flexibility index (Phi) is 7.47. The fraction of sp³-hybridized carbons (Fsp3) is 0.200. The third-order valence-corrected chi connectivity index (χ3v) is 5.14. The van der Waals surface area contributed by atoms with Crippen LogP contribution >= 0.6 is 15.9 Å². The number of carbonyl (C=O) groups excluding carboxylic acids is 1. The van der Waals surface area contributed by atoms with Crippen molar-refractivity contribution < 1.29 is 40.2 Å². The van der Waals surface area contributed by atoms with E-state index in [4.69, 9.17) is 5.41 Å². The van der Waals surface area contributed by atoms with Crippen LogP contribution in [0.2, 0.25) is 0 Å². The number of carbonyl (C=O) groups is 1. The smallest absolute Gasteiger partial charge is 0.339 e. The van der Waals surface area contributed by atoms with Gasteiger partial charge in [0, 0.05) is 12.1 Å². The highest BCUT2D eigenvalue weighted by Crippen LogP contribution is 2.37. The van der Waals surface area contributed by atoms with Gasteiger partial charge >= 0.3 is 12.4 Å². The number of aromatic nitrogens is 2. The molecule has 186 valence electrons. The van der Waals surface area contributed by atoms with Gasteiger partial charge in [-0.2, -0.15) is 26.3 Å². The van der Waals surface area contributed by atoms with Crippen molar-refractivity contribution in [3.63, 3.8) is 0 Å². The Morgan fingerprint density at radius 1 is 1.00 bits per heavy atom. The summed E-state index contributed by atoms with van der Waals surface area (Å²) in [5.41, 5.74) is -3.30. The molecule has 0 aliphatic carbocycles. The van der Waals surface area contributed by atoms with Crippen LogP contribution in [0.1, 0.15) is 28.8 Å². The molecule has 0 radical (unpaired) electrons. The minimum atomic E-state index is -4.92. The molecule has 15 heteroatoms. The molecule has 1 amide bonds. The highest BCUT2D eigenvalue weighted by atomic mass is 79.9. The van der Waals surface area contributed by atoms with Gasteiger partial charge < -0.3 is 10.6 Å². The zero-order chi connectivity index (χ0) is 26.0. The summed E-state index contributed by atoms with van der Waals surface area (Å²) < 4.78 is 96.4. The van der Waals surface area contributed by atoms with E-state index in [1.54, 1.807) is 0 Å². The number of anilines is 2. The molecule has 3 rings (SSSR count). The molecular weight excluding hydrogens is 555 g/mol. The summed E-state index contributed by atoms with van der Waals surface area (Å²) in [6.45, 7) is 0. The van der Waals surface area contributed by atoms with Crippen LogP contribution in [0.15, 0.2) is 45.5 Å². The molecule has 7 nitrogen and oxygen atoms in total. The lowest BCUT2D eigenvalue weighted by Crippen LogP contribution is -2.19. The van der Waals surface area contributed by atoms with Crippen molar-refractivity contribution >= 4 is 39.2 Å². The predicted molar refractivity (Wildman–Crippen MR) is 112 cm³/mol. The van der Waals surface area contributed by atoms with Gasteiger partial charge in [0.25, 0.3) is 0 Å². The largest absolute Gasteiger partial charge is 0.416 e. The molecule has 1 aromatic heterocycles. The molecule has 3 aromatic rings. The van der Waals surface area contributed by atoms with Crippen molar-refractivity contribution in [1.82, 2.24) is 10.3 Å². The van der Waals surface area contributed by atoms with E-state index in [1.807, 2.05) is 0 Å². The second-order valence-corrected chi connectivity index (χ2v) is 7.86. The topological polar surface area (TPSA) is 104 Å². The first-order valence-corrected chi connectivity index (χ1v) is 10.3. The monoisotopic (exact) mass is 567 g/mol. The van der Waals surface area contributed by atoms with E-state index < -0.39 is 59.4 Å². The van der Waals surface area contributed by atoms with Gasteiger partial charge in [0.2, 0.25) is 11.7 Å². The van der Waals surface area contributed by atoms with Crippen LogP contribution in [0, 0.1) is 11.2 Å². The number of rotatable bonds is 6. The maximum absolute atomic E-state index is 13.4. The summed E-state index contributed by atoms with van der Waals surface area (Å²) >= 11 is 2.98. The molecule has 0 fully saturated rings. The summed E-state index contributed by atoms with van der Waals surface area (Å²) in [6, 6.07) is 4.73. The SMILES string of the molecule is N=C(Nc1ccc(F)c(Br)c1)c1nonc1NC(=O)CCc1cc(C(F)(F)F)ccc1C(F)(F)F. The standard InChI is InChI=1S/C20H13BrF7N5O2/c21-13-8-11(3-5-14(13)22)30-17(29)16-18(33-35-32-16)31-15(34)6-1-9-7-10(19(23,24)25)2-4-12(9)20(26,27)28/h2-5,7-8H,1,6H2,(H2,29,30)(H,31,33,34). The van der Waals surface area contributed by atoms with Crippen molar-refractivity contribution in [2.45, 2.75) is 25.2 Å². The third kappa shape index (κ3) is 6.55. The third-order valence-electron chi connectivity index (χ3n) is 4.53. The number of aryl methyl sites for hydroxylation is 1. The molecule has 0 saturated heterocycles. The van der Waals surface area contributed by atoms with Gasteiger partial charge in [0.15, 0.2) is 11.5 Å². The fourth-order valence-corrected chi connectivity index (χ4v) is 3.29. The number of hydrogen-bond donors (Lipinski definition) is 3. The summed E-state index contributed by atoms with van der Waals surface area (Å²) in [5, 5.41) is 19.7. The fourth-order valence-electron chi connectivity index (χ4n) is 2.91. The number of nitrogens with zero attached hydrogens (tertiary/aromatic N) is 2. The molecule has 3 N–H and O–H groups in total. The lowest BCUT2D eigenvalue weighted by molar-refractivity contribution is -0.141. The number of hydrogen-bond acceptors (Lipinski definition) is 5. The van der Waals surface area contributed by atoms with Gasteiger partial charge in [-0.05, 0) is 74.6 Å². The number of alkyl halides is 6. The summed E-state index contributed by atoms with van der Waals surface area (Å²) in [4.78, 5) is 12.3. The Balaban J connectivity index is 1.71. The molecule has 0 bridgehead atoms. The van der Waals surface area contributed by atoms with Crippen LogP contribution in [-0.4, -0.2) is 22.1 Å². The lowest BCUT2D eigenvalue weighted by atomic mass is 9.99. The molecule has 0 spiro atoms. The maximum Gasteiger partial charge on any atom is 0.416 e. The Hall–Kier alpha value is -3.49. The molecule has 0 unspecified atom stereocenters. The van der Waals surface area contributed by atoms with E-state index in [-0.39, 0.29) is 21.7 Å². The molecule has 0 atom stereocenters. The van der Waals surface area contributed by atoms with Crippen LogP contribution in [0.3, 0.4) is 0 Å². The lowest BCUT2D eigenvalue weighted by Gasteiger charge is -2.15. The Labute approximate surface area is 200 Å². The average Bonchev–Trinajstić information content (AvgIpc) is 3.21. The molecule has 1 heterocycles. The van der Waals surface area contributed by atoms with Crippen molar-refractivity contribution in [2.75, 3.05) is 10.6 Å². The molecule has 35 heavy (non-hydrogen) atoms. The molecule has 2 aromatic carbocycles. The summed E-state index contributed by atoms with van der Waals surface area (Å²) in [6.07, 6.45) is -11.1. The zero-order valence-electron chi connectivity index (χ0n) is 17.1. The first kappa shape index (κ1) is 26.1. The van der Waals surface area contributed by atoms with E-state index in [0.29, 0.717) is 18.2 Å². The van der Waals surface area contributed by atoms with Crippen molar-refractivity contribution in [3.8, 4) is 0 Å². The number of benzene rings is 2. The quantitative estimate of drug-likeness (QED) is 0.192. The second kappa shape index (κ2) is 10.0. The maximum atomic E-state index is 13.4. The first-order chi connectivity index (χ1) is 16.3. The molecular formula is C20H13BrF7N5O2. The van der Waals surface area contributed by atoms with E-state index >= 15 is 0 Å². The van der Waals surface area contributed by atoms with Crippen molar-refractivity contribution in [3.05, 3.63) is 69.1 Å². The van der Waals surface area contributed by atoms with Crippen molar-refractivity contribution in [1.29, 1.82) is 5.41 Å². The number of nitrogens with one attached hydrogen (secondary N) is 3. The normalized spacial score (nSPS) is 11.9. The van der Waals surface area contributed by atoms with Crippen LogP contribution in [0.4, 0.5) is 42.2 Å². The second-order valence-electron chi connectivity index (χ2n) is 7.01. The summed E-state index contributed by atoms with van der Waals surface area (Å²) in [5.74, 6) is -2.23. The average molecular weight is 568 g/mol. The Morgan fingerprint density at radius 2 is 1.71 bits per heavy atom. The van der Waals surface area contributed by atoms with Crippen LogP contribution in [-0.2, 0) is 23.6 Å².